The molecule has 0 saturated carbocycles. The highest BCUT2D eigenvalue weighted by atomic mass is 32.2. The van der Waals surface area contributed by atoms with E-state index in [1.54, 1.807) is 30.0 Å². The van der Waals surface area contributed by atoms with E-state index in [1.807, 2.05) is 25.1 Å². The average molecular weight is 378 g/mol. The first-order valence-corrected chi connectivity index (χ1v) is 10.6. The van der Waals surface area contributed by atoms with Gasteiger partial charge in [0.05, 0.1) is 12.2 Å². The molecule has 24 heavy (non-hydrogen) atoms. The molecule has 1 aromatic carbocycles. The normalized spacial score (nSPS) is 16.8. The molecule has 0 aliphatic carbocycles. The highest BCUT2D eigenvalue weighted by molar-refractivity contribution is 8.16. The number of thiophene rings is 1. The van der Waals surface area contributed by atoms with Crippen molar-refractivity contribution in [1.82, 2.24) is 4.90 Å². The van der Waals surface area contributed by atoms with Crippen molar-refractivity contribution in [1.29, 1.82) is 0 Å². The van der Waals surface area contributed by atoms with Crippen LogP contribution >= 0.6 is 23.1 Å². The second-order valence-electron chi connectivity index (χ2n) is 5.48. The molecule has 0 radical (unpaired) electrons. The first-order valence-electron chi connectivity index (χ1n) is 7.41. The van der Waals surface area contributed by atoms with Gasteiger partial charge < -0.3 is 4.90 Å². The monoisotopic (exact) mass is 377 g/mol. The third-order valence-electron chi connectivity index (χ3n) is 3.78. The molecule has 124 valence electrons. The maximum absolute atomic E-state index is 12.4. The van der Waals surface area contributed by atoms with Crippen LogP contribution in [0.25, 0.3) is 5.70 Å². The molecule has 1 aromatic heterocycles. The molecule has 2 aliphatic rings. The Kier molecular flexibility index (Phi) is 3.90. The van der Waals surface area contributed by atoms with Gasteiger partial charge in [-0.15, -0.1) is 11.3 Å². The van der Waals surface area contributed by atoms with Gasteiger partial charge in [0.25, 0.3) is 10.0 Å². The van der Waals surface area contributed by atoms with Gasteiger partial charge in [0, 0.05) is 22.5 Å². The minimum atomic E-state index is -3.52. The number of benzene rings is 1. The number of rotatable bonds is 4. The second-order valence-corrected chi connectivity index (χ2v) is 9.52. The van der Waals surface area contributed by atoms with Crippen LogP contribution in [0.3, 0.4) is 0 Å². The number of amidine groups is 1. The zero-order chi connectivity index (χ0) is 16.7. The number of sulfonamides is 1. The van der Waals surface area contributed by atoms with Gasteiger partial charge in [-0.1, -0.05) is 23.9 Å². The predicted molar refractivity (Wildman–Crippen MR) is 101 cm³/mol. The van der Waals surface area contributed by atoms with Crippen LogP contribution in [0, 0.1) is 6.92 Å². The number of nitrogens with one attached hydrogen (secondary N) is 1. The summed E-state index contributed by atoms with van der Waals surface area (Å²) in [6, 6.07) is 10.9. The molecule has 8 heteroatoms. The van der Waals surface area contributed by atoms with Crippen molar-refractivity contribution >= 4 is 49.7 Å². The lowest BCUT2D eigenvalue weighted by molar-refractivity contribution is 0.603. The van der Waals surface area contributed by atoms with Gasteiger partial charge in [-0.05, 0) is 36.8 Å². The summed E-state index contributed by atoms with van der Waals surface area (Å²) in [4.78, 5) is 7.60. The van der Waals surface area contributed by atoms with Gasteiger partial charge >= 0.3 is 0 Å². The number of aryl methyl sites for hydroxylation is 1. The minimum absolute atomic E-state index is 0.330. The molecule has 0 unspecified atom stereocenters. The topological polar surface area (TPSA) is 61.8 Å². The molecule has 4 rings (SSSR count). The van der Waals surface area contributed by atoms with E-state index < -0.39 is 10.0 Å². The summed E-state index contributed by atoms with van der Waals surface area (Å²) in [5.41, 5.74) is 2.75. The molecule has 3 heterocycles. The largest absolute Gasteiger partial charge is 0.318 e. The lowest BCUT2D eigenvalue weighted by atomic mass is 10.1. The number of thioether (sulfide) groups is 1. The summed E-state index contributed by atoms with van der Waals surface area (Å²) >= 11 is 2.90. The van der Waals surface area contributed by atoms with Gasteiger partial charge in [0.2, 0.25) is 0 Å². The van der Waals surface area contributed by atoms with Crippen LogP contribution < -0.4 is 4.72 Å². The smallest absolute Gasteiger partial charge is 0.271 e. The van der Waals surface area contributed by atoms with Crippen molar-refractivity contribution in [3.8, 4) is 0 Å². The fraction of sp³-hybridized carbons (Fsp3) is 0.188. The van der Waals surface area contributed by atoms with Crippen LogP contribution in [-0.4, -0.2) is 31.6 Å². The lowest BCUT2D eigenvalue weighted by Crippen LogP contribution is -2.19. The number of fused-ring (bicyclic) bond motifs is 1. The standard InChI is InChI=1S/C16H15N3O2S3/c1-11-2-7-15(23-11)24(20,21)18-13-5-3-12(4-6-13)14-10-22-16-17-8-9-19(14)16/h2-7,10,18H,8-9H2,1H3. The Morgan fingerprint density at radius 3 is 2.67 bits per heavy atom. The number of anilines is 1. The molecule has 0 bridgehead atoms. The van der Waals surface area contributed by atoms with Gasteiger partial charge in [-0.25, -0.2) is 8.42 Å². The molecule has 0 amide bonds. The van der Waals surface area contributed by atoms with E-state index >= 15 is 0 Å². The summed E-state index contributed by atoms with van der Waals surface area (Å²) in [5, 5.41) is 3.13. The Bertz CT molecular complexity index is 943. The maximum atomic E-state index is 12.4. The Morgan fingerprint density at radius 2 is 1.96 bits per heavy atom. The fourth-order valence-corrected chi connectivity index (χ4v) is 5.92. The van der Waals surface area contributed by atoms with E-state index in [0.717, 1.165) is 34.4 Å². The second kappa shape index (κ2) is 5.94. The van der Waals surface area contributed by atoms with Crippen LogP contribution in [0.2, 0.25) is 0 Å². The number of nitrogens with zero attached hydrogens (tertiary/aromatic N) is 2. The number of aliphatic imine (C=N–C) groups is 1. The average Bonchev–Trinajstić information content (AvgIpc) is 3.24. The Balaban J connectivity index is 1.53. The lowest BCUT2D eigenvalue weighted by Gasteiger charge is -2.17. The first kappa shape index (κ1) is 15.7. The van der Waals surface area contributed by atoms with Crippen LogP contribution in [-0.2, 0) is 10.0 Å². The fourth-order valence-electron chi connectivity index (χ4n) is 2.62. The first-order chi connectivity index (χ1) is 11.5. The highest BCUT2D eigenvalue weighted by Gasteiger charge is 2.27. The van der Waals surface area contributed by atoms with E-state index in [2.05, 4.69) is 20.0 Å². The Labute approximate surface area is 149 Å². The Hall–Kier alpha value is -1.77. The van der Waals surface area contributed by atoms with Gasteiger partial charge in [-0.2, -0.15) is 0 Å². The summed E-state index contributed by atoms with van der Waals surface area (Å²) < 4.78 is 27.7. The van der Waals surface area contributed by atoms with Crippen molar-refractivity contribution in [3.05, 3.63) is 52.2 Å². The maximum Gasteiger partial charge on any atom is 0.271 e. The van der Waals surface area contributed by atoms with Crippen LogP contribution in [0.5, 0.6) is 0 Å². The molecule has 5 nitrogen and oxygen atoms in total. The molecule has 2 aliphatic heterocycles. The highest BCUT2D eigenvalue weighted by Crippen LogP contribution is 2.35. The van der Waals surface area contributed by atoms with Gasteiger partial charge in [-0.3, -0.25) is 9.71 Å². The number of hydrogen-bond donors (Lipinski definition) is 1. The summed E-state index contributed by atoms with van der Waals surface area (Å²) in [5.74, 6) is 0. The molecular weight excluding hydrogens is 362 g/mol. The van der Waals surface area contributed by atoms with Crippen molar-refractivity contribution in [2.75, 3.05) is 17.8 Å². The van der Waals surface area contributed by atoms with Gasteiger partial charge in [0.15, 0.2) is 5.17 Å². The van der Waals surface area contributed by atoms with Crippen molar-refractivity contribution in [3.63, 3.8) is 0 Å². The van der Waals surface area contributed by atoms with Crippen molar-refractivity contribution in [2.45, 2.75) is 11.1 Å². The quantitative estimate of drug-likeness (QED) is 0.885. The predicted octanol–water partition coefficient (Wildman–Crippen LogP) is 3.57. The van der Waals surface area contributed by atoms with Crippen LogP contribution in [0.15, 0.2) is 51.0 Å². The zero-order valence-corrected chi connectivity index (χ0v) is 15.3. The molecule has 2 aromatic rings. The van der Waals surface area contributed by atoms with E-state index in [1.165, 1.54) is 11.3 Å². The van der Waals surface area contributed by atoms with E-state index in [4.69, 9.17) is 0 Å². The molecule has 1 N–H and O–H groups in total. The summed E-state index contributed by atoms with van der Waals surface area (Å²) in [7, 11) is -3.52. The van der Waals surface area contributed by atoms with Gasteiger partial charge in [0.1, 0.15) is 4.21 Å². The molecule has 0 atom stereocenters. The third kappa shape index (κ3) is 2.85. The van der Waals surface area contributed by atoms with E-state index in [-0.39, 0.29) is 0 Å². The summed E-state index contributed by atoms with van der Waals surface area (Å²) in [6.45, 7) is 3.62. The molecule has 0 spiro atoms. The third-order valence-corrected chi connectivity index (χ3v) is 7.56. The summed E-state index contributed by atoms with van der Waals surface area (Å²) in [6.07, 6.45) is 0. The Morgan fingerprint density at radius 1 is 1.17 bits per heavy atom. The van der Waals surface area contributed by atoms with Crippen molar-refractivity contribution in [2.24, 2.45) is 4.99 Å². The number of hydrogen-bond acceptors (Lipinski definition) is 6. The van der Waals surface area contributed by atoms with E-state index in [0.29, 0.717) is 9.90 Å². The van der Waals surface area contributed by atoms with Crippen LogP contribution in [0.1, 0.15) is 10.4 Å². The minimum Gasteiger partial charge on any atom is -0.318 e. The van der Waals surface area contributed by atoms with Crippen molar-refractivity contribution < 1.29 is 8.42 Å². The molecular formula is C16H15N3O2S3. The SMILES string of the molecule is Cc1ccc(S(=O)(=O)Nc2ccc(C3=CSC4=NCCN34)cc2)s1. The molecule has 0 fully saturated rings. The van der Waals surface area contributed by atoms with Crippen LogP contribution in [0.4, 0.5) is 5.69 Å². The molecule has 0 saturated heterocycles. The zero-order valence-electron chi connectivity index (χ0n) is 12.9. The van der Waals surface area contributed by atoms with E-state index in [9.17, 15) is 8.42 Å².